The van der Waals surface area contributed by atoms with Gasteiger partial charge in [-0.1, -0.05) is 387 Å². The van der Waals surface area contributed by atoms with E-state index in [1.54, 1.807) is 0 Å². The lowest BCUT2D eigenvalue weighted by atomic mass is 10.0. The molecule has 0 bridgehead atoms. The van der Waals surface area contributed by atoms with E-state index in [9.17, 15) is 19.0 Å². The van der Waals surface area contributed by atoms with Crippen molar-refractivity contribution in [3.63, 3.8) is 0 Å². The van der Waals surface area contributed by atoms with Gasteiger partial charge in [0.1, 0.15) is 19.8 Å². The monoisotopic (exact) mass is 1390 g/mol. The van der Waals surface area contributed by atoms with Crippen LogP contribution in [0, 0.1) is 0 Å². The lowest BCUT2D eigenvalue weighted by molar-refractivity contribution is -0.870. The van der Waals surface area contributed by atoms with E-state index < -0.39 is 26.5 Å². The fourth-order valence-corrected chi connectivity index (χ4v) is 13.0. The largest absolute Gasteiger partial charge is 0.756 e. The summed E-state index contributed by atoms with van der Waals surface area (Å²) in [6, 6.07) is 0. The number of allylic oxidation sites excluding steroid dienone is 16. The number of phosphoric ester groups is 1. The average molecular weight is 1390 g/mol. The summed E-state index contributed by atoms with van der Waals surface area (Å²) in [7, 11) is 1.17. The highest BCUT2D eigenvalue weighted by atomic mass is 31.2. The zero-order valence-corrected chi connectivity index (χ0v) is 66.1. The molecule has 0 N–H and O–H groups in total. The number of likely N-dealkylation sites (N-methyl/N-ethyl adjacent to an activating group) is 1. The van der Waals surface area contributed by atoms with Gasteiger partial charge >= 0.3 is 11.9 Å². The van der Waals surface area contributed by atoms with Gasteiger partial charge in [-0.05, 0) is 96.3 Å². The first-order valence-electron chi connectivity index (χ1n) is 41.9. The molecule has 0 amide bonds. The average Bonchev–Trinajstić information content (AvgIpc) is 1.08. The number of hydrogen-bond acceptors (Lipinski definition) is 8. The fourth-order valence-electron chi connectivity index (χ4n) is 12.2. The summed E-state index contributed by atoms with van der Waals surface area (Å²) < 4.78 is 34.4. The summed E-state index contributed by atoms with van der Waals surface area (Å²) in [6.07, 6.45) is 110. The van der Waals surface area contributed by atoms with Crippen LogP contribution in [0.2, 0.25) is 0 Å². The van der Waals surface area contributed by atoms with Crippen LogP contribution in [0.3, 0.4) is 0 Å². The van der Waals surface area contributed by atoms with Crippen LogP contribution in [0.1, 0.15) is 399 Å². The second kappa shape index (κ2) is 78.1. The lowest BCUT2D eigenvalue weighted by Gasteiger charge is -2.28. The number of phosphoric acid groups is 1. The third kappa shape index (κ3) is 81.9. The van der Waals surface area contributed by atoms with Gasteiger partial charge in [-0.25, -0.2) is 0 Å². The number of unbranched alkanes of at least 4 members (excludes halogenated alkanes) is 48. The molecule has 0 aliphatic heterocycles. The molecule has 0 spiro atoms. The fraction of sp³-hybridized carbons (Fsp3) is 0.795. The van der Waals surface area contributed by atoms with E-state index in [1.165, 1.54) is 276 Å². The number of quaternary nitrogens is 1. The van der Waals surface area contributed by atoms with E-state index in [0.717, 1.165) is 89.9 Å². The van der Waals surface area contributed by atoms with E-state index in [2.05, 4.69) is 111 Å². The molecule has 0 rings (SSSR count). The van der Waals surface area contributed by atoms with E-state index in [1.807, 2.05) is 21.1 Å². The maximum absolute atomic E-state index is 12.9. The molecule has 0 aromatic heterocycles. The highest BCUT2D eigenvalue weighted by Crippen LogP contribution is 2.38. The molecule has 0 radical (unpaired) electrons. The Kier molecular flexibility index (Phi) is 75.6. The molecule has 2 unspecified atom stereocenters. The number of nitrogens with zero attached hydrogens (tertiary/aromatic N) is 1. The van der Waals surface area contributed by atoms with Crippen LogP contribution >= 0.6 is 7.82 Å². The molecular weight excluding hydrogens is 1230 g/mol. The molecule has 0 heterocycles. The minimum atomic E-state index is -4.65. The van der Waals surface area contributed by atoms with Crippen molar-refractivity contribution < 1.29 is 42.1 Å². The molecule has 2 atom stereocenters. The topological polar surface area (TPSA) is 111 Å². The maximum atomic E-state index is 12.9. The Morgan fingerprint density at radius 3 is 0.878 bits per heavy atom. The third-order valence-corrected chi connectivity index (χ3v) is 19.6. The summed E-state index contributed by atoms with van der Waals surface area (Å²) in [4.78, 5) is 38.2. The van der Waals surface area contributed by atoms with Crippen LogP contribution in [0.5, 0.6) is 0 Å². The van der Waals surface area contributed by atoms with E-state index in [0.29, 0.717) is 17.4 Å². The molecule has 98 heavy (non-hydrogen) atoms. The standard InChI is InChI=1S/C88H160NO8P/c1-6-8-10-12-14-16-18-20-22-24-26-28-30-32-34-36-38-40-41-42-43-44-45-46-47-49-50-52-54-56-58-60-62-64-66-68-70-72-74-76-78-80-87(90)94-84-86(85-96-98(92,93)95-83-82-89(3,4)5)97-88(91)81-79-77-75-73-71-69-67-65-63-61-59-57-55-53-51-48-39-37-35-33-31-29-27-25-23-21-19-17-15-13-11-9-7-2/h9,11,15,17,21,23-24,26-27,29,33,35,39,48,53,55,86H,6-8,10,12-14,16,18-20,22,25,28,30-32,34,36-38,40-47,49-52,54,56-85H2,1-5H3/b11-9-,17-15-,23-21-,26-24-,29-27-,35-33-,48-39-,55-53-. The minimum absolute atomic E-state index is 0.0330. The van der Waals surface area contributed by atoms with Gasteiger partial charge < -0.3 is 27.9 Å². The van der Waals surface area contributed by atoms with Gasteiger partial charge in [0.25, 0.3) is 7.82 Å². The number of carbonyl (C=O) groups is 2. The van der Waals surface area contributed by atoms with Gasteiger partial charge in [0.2, 0.25) is 0 Å². The normalized spacial score (nSPS) is 13.5. The quantitative estimate of drug-likeness (QED) is 0.0195. The second-order valence-electron chi connectivity index (χ2n) is 29.5. The van der Waals surface area contributed by atoms with E-state index in [4.69, 9.17) is 18.5 Å². The summed E-state index contributed by atoms with van der Waals surface area (Å²) >= 11 is 0. The molecule has 0 aliphatic rings. The smallest absolute Gasteiger partial charge is 0.306 e. The molecule has 570 valence electrons. The predicted molar refractivity (Wildman–Crippen MR) is 425 cm³/mol. The van der Waals surface area contributed by atoms with Crippen molar-refractivity contribution in [1.29, 1.82) is 0 Å². The number of hydrogen-bond donors (Lipinski definition) is 0. The van der Waals surface area contributed by atoms with Crippen molar-refractivity contribution in [1.82, 2.24) is 0 Å². The molecule has 0 aromatic rings. The highest BCUT2D eigenvalue weighted by molar-refractivity contribution is 7.45. The van der Waals surface area contributed by atoms with Gasteiger partial charge in [-0.2, -0.15) is 0 Å². The summed E-state index contributed by atoms with van der Waals surface area (Å²) in [5.74, 6) is -0.823. The van der Waals surface area contributed by atoms with E-state index >= 15 is 0 Å². The molecular formula is C88H160NO8P. The SMILES string of the molecule is CC/C=C\C/C=C\C/C=C\C/C=C\C/C=C\C/C=C\C/C=C\CCCCCCCCCCCCCC(=O)OC(COC(=O)CCCCCCCCCCCCCCCCCCCCCCCCCCCCCCC/C=C\CCCCCCCCCC)COP(=O)([O-])OCC[N+](C)(C)C. The van der Waals surface area contributed by atoms with Gasteiger partial charge in [0.15, 0.2) is 6.10 Å². The Morgan fingerprint density at radius 1 is 0.327 bits per heavy atom. The van der Waals surface area contributed by atoms with Crippen molar-refractivity contribution >= 4 is 19.8 Å². The molecule has 9 nitrogen and oxygen atoms in total. The molecule has 10 heteroatoms. The summed E-state index contributed by atoms with van der Waals surface area (Å²) in [5, 5.41) is 0. The molecule has 0 aliphatic carbocycles. The number of esters is 2. The van der Waals surface area contributed by atoms with Crippen LogP contribution in [0.25, 0.3) is 0 Å². The van der Waals surface area contributed by atoms with E-state index in [-0.39, 0.29) is 32.0 Å². The number of carbonyl (C=O) groups excluding carboxylic acids is 2. The lowest BCUT2D eigenvalue weighted by Crippen LogP contribution is -2.37. The Morgan fingerprint density at radius 2 is 0.582 bits per heavy atom. The van der Waals surface area contributed by atoms with Gasteiger partial charge in [0.05, 0.1) is 27.7 Å². The van der Waals surface area contributed by atoms with Crippen molar-refractivity contribution in [2.24, 2.45) is 0 Å². The van der Waals surface area contributed by atoms with Crippen molar-refractivity contribution in [3.8, 4) is 0 Å². The number of rotatable bonds is 78. The van der Waals surface area contributed by atoms with Crippen LogP contribution in [0.4, 0.5) is 0 Å². The first kappa shape index (κ1) is 94.9. The van der Waals surface area contributed by atoms with Crippen molar-refractivity contribution in [2.45, 2.75) is 405 Å². The minimum Gasteiger partial charge on any atom is -0.756 e. The first-order chi connectivity index (χ1) is 48.0. The van der Waals surface area contributed by atoms with Crippen LogP contribution in [-0.2, 0) is 32.7 Å². The van der Waals surface area contributed by atoms with Crippen molar-refractivity contribution in [3.05, 3.63) is 97.2 Å². The highest BCUT2D eigenvalue weighted by Gasteiger charge is 2.22. The predicted octanol–water partition coefficient (Wildman–Crippen LogP) is 27.5. The third-order valence-electron chi connectivity index (χ3n) is 18.6. The Hall–Kier alpha value is -3.07. The Balaban J connectivity index is 3.91. The molecule has 0 saturated carbocycles. The molecule has 0 fully saturated rings. The maximum Gasteiger partial charge on any atom is 0.306 e. The van der Waals surface area contributed by atoms with Gasteiger partial charge in [0, 0.05) is 12.8 Å². The Labute approximate surface area is 608 Å². The van der Waals surface area contributed by atoms with Crippen molar-refractivity contribution in [2.75, 3.05) is 47.5 Å². The zero-order chi connectivity index (χ0) is 71.1. The molecule has 0 saturated heterocycles. The van der Waals surface area contributed by atoms with Crippen LogP contribution in [0.15, 0.2) is 97.2 Å². The Bertz CT molecular complexity index is 1980. The van der Waals surface area contributed by atoms with Crippen LogP contribution < -0.4 is 4.89 Å². The van der Waals surface area contributed by atoms with Gasteiger partial charge in [-0.3, -0.25) is 14.2 Å². The number of ether oxygens (including phenoxy) is 2. The summed E-state index contributed by atoms with van der Waals surface area (Å²) in [5.41, 5.74) is 0. The van der Waals surface area contributed by atoms with Crippen LogP contribution in [-0.4, -0.2) is 70.0 Å². The van der Waals surface area contributed by atoms with Gasteiger partial charge in [-0.15, -0.1) is 0 Å². The second-order valence-corrected chi connectivity index (χ2v) is 30.9. The zero-order valence-electron chi connectivity index (χ0n) is 65.2. The molecule has 0 aromatic carbocycles. The summed E-state index contributed by atoms with van der Waals surface area (Å²) in [6.45, 7) is 4.17. The first-order valence-corrected chi connectivity index (χ1v) is 43.4.